The van der Waals surface area contributed by atoms with Gasteiger partial charge in [-0.2, -0.15) is 5.10 Å². The SMILES string of the molecule is C=C(Cl)Cn1c(=O)c(CN(C)[C@H](C)c2cc(-c3ccccc3)n[nH]2)cc2ccc(SC)cc21. The van der Waals surface area contributed by atoms with Crippen LogP contribution in [0.4, 0.5) is 0 Å². The molecule has 2 aromatic carbocycles. The highest BCUT2D eigenvalue weighted by atomic mass is 35.5. The monoisotopic (exact) mass is 478 g/mol. The quantitative estimate of drug-likeness (QED) is 0.313. The molecule has 2 aromatic heterocycles. The molecule has 0 unspecified atom stereocenters. The van der Waals surface area contributed by atoms with E-state index in [4.69, 9.17) is 11.6 Å². The number of aromatic amines is 1. The third-order valence-electron chi connectivity index (χ3n) is 5.91. The summed E-state index contributed by atoms with van der Waals surface area (Å²) in [5.74, 6) is 0. The first-order chi connectivity index (χ1) is 15.9. The van der Waals surface area contributed by atoms with E-state index in [1.54, 1.807) is 16.3 Å². The van der Waals surface area contributed by atoms with Gasteiger partial charge in [0.15, 0.2) is 0 Å². The molecule has 0 radical (unpaired) electrons. The third-order valence-corrected chi connectivity index (χ3v) is 6.75. The first-order valence-electron chi connectivity index (χ1n) is 10.7. The lowest BCUT2D eigenvalue weighted by Crippen LogP contribution is -2.30. The van der Waals surface area contributed by atoms with Crippen molar-refractivity contribution in [2.75, 3.05) is 13.3 Å². The fourth-order valence-corrected chi connectivity index (χ4v) is 4.48. The van der Waals surface area contributed by atoms with Gasteiger partial charge in [-0.3, -0.25) is 14.8 Å². The van der Waals surface area contributed by atoms with Crippen LogP contribution in [0.5, 0.6) is 0 Å². The molecule has 0 aliphatic carbocycles. The molecule has 0 saturated heterocycles. The van der Waals surface area contributed by atoms with Crippen LogP contribution in [-0.2, 0) is 13.1 Å². The molecule has 0 saturated carbocycles. The van der Waals surface area contributed by atoms with Gasteiger partial charge in [0.25, 0.3) is 5.56 Å². The minimum absolute atomic E-state index is 0.0420. The number of aromatic nitrogens is 3. The largest absolute Gasteiger partial charge is 0.303 e. The van der Waals surface area contributed by atoms with Gasteiger partial charge < -0.3 is 4.57 Å². The number of allylic oxidation sites excluding steroid dienone is 1. The van der Waals surface area contributed by atoms with Gasteiger partial charge in [-0.05, 0) is 49.9 Å². The molecule has 0 bridgehead atoms. The lowest BCUT2D eigenvalue weighted by atomic mass is 10.1. The number of hydrogen-bond donors (Lipinski definition) is 1. The van der Waals surface area contributed by atoms with Crippen molar-refractivity contribution in [1.82, 2.24) is 19.7 Å². The molecule has 5 nitrogen and oxygen atoms in total. The summed E-state index contributed by atoms with van der Waals surface area (Å²) in [6.07, 6.45) is 2.02. The van der Waals surface area contributed by atoms with E-state index in [0.717, 1.165) is 38.3 Å². The van der Waals surface area contributed by atoms with Crippen molar-refractivity contribution < 1.29 is 0 Å². The summed E-state index contributed by atoms with van der Waals surface area (Å²) in [5.41, 5.74) is 4.51. The van der Waals surface area contributed by atoms with Gasteiger partial charge in [-0.15, -0.1) is 11.8 Å². The summed E-state index contributed by atoms with van der Waals surface area (Å²) in [6, 6.07) is 20.3. The lowest BCUT2D eigenvalue weighted by molar-refractivity contribution is 0.247. The van der Waals surface area contributed by atoms with Crippen molar-refractivity contribution in [1.29, 1.82) is 0 Å². The fraction of sp³-hybridized carbons (Fsp3) is 0.231. The number of rotatable bonds is 8. The number of hydrogen-bond acceptors (Lipinski definition) is 4. The molecule has 7 heteroatoms. The highest BCUT2D eigenvalue weighted by Gasteiger charge is 2.18. The highest BCUT2D eigenvalue weighted by molar-refractivity contribution is 7.98. The van der Waals surface area contributed by atoms with Gasteiger partial charge in [-0.25, -0.2) is 0 Å². The second kappa shape index (κ2) is 10.00. The van der Waals surface area contributed by atoms with Crippen LogP contribution in [-0.4, -0.2) is 33.0 Å². The molecule has 0 aliphatic heterocycles. The van der Waals surface area contributed by atoms with E-state index in [-0.39, 0.29) is 18.1 Å². The Kier molecular flexibility index (Phi) is 7.08. The van der Waals surface area contributed by atoms with Gasteiger partial charge in [0.05, 0.1) is 23.4 Å². The summed E-state index contributed by atoms with van der Waals surface area (Å²) < 4.78 is 1.72. The summed E-state index contributed by atoms with van der Waals surface area (Å²) in [4.78, 5) is 16.7. The second-order valence-electron chi connectivity index (χ2n) is 8.17. The van der Waals surface area contributed by atoms with Crippen molar-refractivity contribution in [3.63, 3.8) is 0 Å². The molecule has 33 heavy (non-hydrogen) atoms. The number of nitrogens with zero attached hydrogens (tertiary/aromatic N) is 3. The standard InChI is InChI=1S/C26H27ClN4OS/c1-17(27)15-31-25-13-22(33-4)11-10-20(25)12-21(26(31)32)16-30(3)18(2)23-14-24(29-28-23)19-8-6-5-7-9-19/h5-14,18H,1,15-16H2,2-4H3,(H,28,29)/t18-/m1/s1. The number of nitrogens with one attached hydrogen (secondary N) is 1. The van der Waals surface area contributed by atoms with Crippen molar-refractivity contribution in [3.8, 4) is 11.3 Å². The lowest BCUT2D eigenvalue weighted by Gasteiger charge is -2.24. The summed E-state index contributed by atoms with van der Waals surface area (Å²) in [7, 11) is 2.01. The smallest absolute Gasteiger partial charge is 0.255 e. The second-order valence-corrected chi connectivity index (χ2v) is 9.58. The van der Waals surface area contributed by atoms with E-state index < -0.39 is 0 Å². The number of pyridine rings is 1. The van der Waals surface area contributed by atoms with Gasteiger partial charge in [0, 0.05) is 33.6 Å². The first-order valence-corrected chi connectivity index (χ1v) is 12.3. The predicted octanol–water partition coefficient (Wildman–Crippen LogP) is 6.06. The number of benzene rings is 2. The normalized spacial score (nSPS) is 12.4. The van der Waals surface area contributed by atoms with E-state index in [2.05, 4.69) is 46.8 Å². The Hall–Kier alpha value is -2.80. The molecule has 0 aliphatic rings. The summed E-state index contributed by atoms with van der Waals surface area (Å²) >= 11 is 7.76. The number of H-pyrrole nitrogens is 1. The van der Waals surface area contributed by atoms with E-state index in [1.807, 2.05) is 55.8 Å². The van der Waals surface area contributed by atoms with Crippen molar-refractivity contribution in [2.45, 2.75) is 31.0 Å². The topological polar surface area (TPSA) is 53.9 Å². The first kappa shape index (κ1) is 23.4. The summed E-state index contributed by atoms with van der Waals surface area (Å²) in [6.45, 7) is 6.69. The van der Waals surface area contributed by atoms with Crippen LogP contribution < -0.4 is 5.56 Å². The average molecular weight is 479 g/mol. The molecular weight excluding hydrogens is 452 g/mol. The maximum atomic E-state index is 13.4. The molecule has 1 atom stereocenters. The summed E-state index contributed by atoms with van der Waals surface area (Å²) in [5, 5.41) is 9.07. The van der Waals surface area contributed by atoms with E-state index in [9.17, 15) is 4.79 Å². The van der Waals surface area contributed by atoms with Gasteiger partial charge in [-0.1, -0.05) is 54.6 Å². The maximum Gasteiger partial charge on any atom is 0.255 e. The average Bonchev–Trinajstić information content (AvgIpc) is 3.31. The molecule has 4 aromatic rings. The number of thioether (sulfide) groups is 1. The minimum atomic E-state index is -0.0452. The molecule has 0 amide bonds. The Morgan fingerprint density at radius 1 is 1.21 bits per heavy atom. The van der Waals surface area contributed by atoms with E-state index >= 15 is 0 Å². The van der Waals surface area contributed by atoms with Crippen LogP contribution in [0, 0.1) is 0 Å². The number of fused-ring (bicyclic) bond motifs is 1. The van der Waals surface area contributed by atoms with Crippen LogP contribution in [0.25, 0.3) is 22.2 Å². The zero-order valence-corrected chi connectivity index (χ0v) is 20.6. The minimum Gasteiger partial charge on any atom is -0.303 e. The predicted molar refractivity (Wildman–Crippen MR) is 139 cm³/mol. The maximum absolute atomic E-state index is 13.4. The highest BCUT2D eigenvalue weighted by Crippen LogP contribution is 2.26. The van der Waals surface area contributed by atoms with Gasteiger partial charge in [0.2, 0.25) is 0 Å². The van der Waals surface area contributed by atoms with Crippen LogP contribution in [0.15, 0.2) is 82.0 Å². The Labute approximate surface area is 203 Å². The Bertz CT molecular complexity index is 1350. The van der Waals surface area contributed by atoms with Crippen molar-refractivity contribution >= 4 is 34.3 Å². The van der Waals surface area contributed by atoms with Crippen molar-refractivity contribution in [3.05, 3.63) is 93.9 Å². The zero-order valence-electron chi connectivity index (χ0n) is 19.0. The van der Waals surface area contributed by atoms with Crippen LogP contribution in [0.2, 0.25) is 0 Å². The third kappa shape index (κ3) is 5.08. The Balaban J connectivity index is 1.64. The number of halogens is 1. The Morgan fingerprint density at radius 3 is 2.67 bits per heavy atom. The fourth-order valence-electron chi connectivity index (χ4n) is 3.93. The van der Waals surface area contributed by atoms with Gasteiger partial charge >= 0.3 is 0 Å². The van der Waals surface area contributed by atoms with Crippen LogP contribution in [0.3, 0.4) is 0 Å². The molecule has 170 valence electrons. The van der Waals surface area contributed by atoms with E-state index in [0.29, 0.717) is 11.6 Å². The molecule has 0 spiro atoms. The van der Waals surface area contributed by atoms with E-state index in [1.165, 1.54) is 0 Å². The molecule has 4 rings (SSSR count). The molecule has 0 fully saturated rings. The van der Waals surface area contributed by atoms with Gasteiger partial charge in [0.1, 0.15) is 0 Å². The molecule has 1 N–H and O–H groups in total. The Morgan fingerprint density at radius 2 is 1.97 bits per heavy atom. The molecule has 2 heterocycles. The molecular formula is C26H27ClN4OS. The van der Waals surface area contributed by atoms with Crippen molar-refractivity contribution in [2.24, 2.45) is 0 Å². The van der Waals surface area contributed by atoms with Crippen LogP contribution in [0.1, 0.15) is 24.2 Å². The van der Waals surface area contributed by atoms with Crippen LogP contribution >= 0.6 is 23.4 Å². The zero-order chi connectivity index (χ0) is 23.5.